The third kappa shape index (κ3) is 2.10. The Morgan fingerprint density at radius 1 is 1.36 bits per heavy atom. The maximum absolute atomic E-state index is 8.97. The molecule has 0 aliphatic carbocycles. The molecule has 11 heavy (non-hydrogen) atoms. The summed E-state index contributed by atoms with van der Waals surface area (Å²) in [6.07, 6.45) is 0. The highest BCUT2D eigenvalue weighted by molar-refractivity contribution is 4.92. The summed E-state index contributed by atoms with van der Waals surface area (Å²) in [4.78, 5) is 2.74. The molecule has 0 fully saturated rings. The molecule has 0 radical (unpaired) electrons. The van der Waals surface area contributed by atoms with E-state index in [-0.39, 0.29) is 12.0 Å². The van der Waals surface area contributed by atoms with Gasteiger partial charge in [0.2, 0.25) is 0 Å². The van der Waals surface area contributed by atoms with Crippen molar-refractivity contribution in [2.45, 2.75) is 33.2 Å². The SMILES string of the molecule is CC(C)(CO)C(C)(C)N=[N+]=[N-]. The van der Waals surface area contributed by atoms with Crippen molar-refractivity contribution in [3.05, 3.63) is 10.4 Å². The first-order valence-electron chi connectivity index (χ1n) is 3.54. The molecule has 1 N–H and O–H groups in total. The number of nitrogens with zero attached hydrogens (tertiary/aromatic N) is 3. The van der Waals surface area contributed by atoms with Crippen LogP contribution in [-0.4, -0.2) is 17.3 Å². The predicted octanol–water partition coefficient (Wildman–Crippen LogP) is 2.09. The van der Waals surface area contributed by atoms with Crippen LogP contribution in [0.3, 0.4) is 0 Å². The van der Waals surface area contributed by atoms with E-state index in [1.165, 1.54) is 0 Å². The Kier molecular flexibility index (Phi) is 2.91. The Morgan fingerprint density at radius 3 is 2.09 bits per heavy atom. The van der Waals surface area contributed by atoms with Gasteiger partial charge in [-0.15, -0.1) is 0 Å². The average molecular weight is 157 g/mol. The van der Waals surface area contributed by atoms with E-state index in [0.717, 1.165) is 0 Å². The zero-order valence-corrected chi connectivity index (χ0v) is 7.50. The van der Waals surface area contributed by atoms with E-state index in [9.17, 15) is 0 Å². The molecule has 0 aromatic heterocycles. The molecule has 0 bridgehead atoms. The van der Waals surface area contributed by atoms with Crippen LogP contribution >= 0.6 is 0 Å². The first-order chi connectivity index (χ1) is 4.87. The van der Waals surface area contributed by atoms with E-state index in [1.54, 1.807) is 0 Å². The molecule has 0 atom stereocenters. The number of hydrogen-bond acceptors (Lipinski definition) is 2. The Morgan fingerprint density at radius 2 is 1.82 bits per heavy atom. The van der Waals surface area contributed by atoms with Crippen LogP contribution in [0.1, 0.15) is 27.7 Å². The third-order valence-corrected chi connectivity index (χ3v) is 2.35. The molecule has 0 saturated heterocycles. The van der Waals surface area contributed by atoms with Gasteiger partial charge in [0.15, 0.2) is 0 Å². The number of hydrogen-bond donors (Lipinski definition) is 1. The highest BCUT2D eigenvalue weighted by Crippen LogP contribution is 2.33. The fraction of sp³-hybridized carbons (Fsp3) is 1.00. The number of aliphatic hydroxyl groups excluding tert-OH is 1. The smallest absolute Gasteiger partial charge is 0.0504 e. The monoisotopic (exact) mass is 157 g/mol. The van der Waals surface area contributed by atoms with Crippen molar-refractivity contribution in [1.82, 2.24) is 0 Å². The van der Waals surface area contributed by atoms with Gasteiger partial charge in [-0.1, -0.05) is 32.8 Å². The van der Waals surface area contributed by atoms with Gasteiger partial charge in [-0.2, -0.15) is 0 Å². The molecule has 0 saturated carbocycles. The molecule has 0 aliphatic rings. The van der Waals surface area contributed by atoms with Gasteiger partial charge in [-0.05, 0) is 10.9 Å². The molecular formula is C7H15N3O. The Bertz CT molecular complexity index is 180. The lowest BCUT2D eigenvalue weighted by Crippen LogP contribution is -2.39. The van der Waals surface area contributed by atoms with Gasteiger partial charge >= 0.3 is 0 Å². The molecular weight excluding hydrogens is 142 g/mol. The lowest BCUT2D eigenvalue weighted by molar-refractivity contribution is 0.0926. The maximum atomic E-state index is 8.97. The van der Waals surface area contributed by atoms with Crippen molar-refractivity contribution >= 4 is 0 Å². The van der Waals surface area contributed by atoms with Crippen LogP contribution in [0.5, 0.6) is 0 Å². The van der Waals surface area contributed by atoms with Crippen LogP contribution in [0.25, 0.3) is 10.4 Å². The van der Waals surface area contributed by atoms with E-state index < -0.39 is 5.54 Å². The van der Waals surface area contributed by atoms with E-state index >= 15 is 0 Å². The summed E-state index contributed by atoms with van der Waals surface area (Å²) in [5.74, 6) is 0. The summed E-state index contributed by atoms with van der Waals surface area (Å²) in [5, 5.41) is 12.6. The van der Waals surface area contributed by atoms with Crippen LogP contribution < -0.4 is 0 Å². The van der Waals surface area contributed by atoms with E-state index in [4.69, 9.17) is 10.6 Å². The van der Waals surface area contributed by atoms with Crippen LogP contribution in [0.2, 0.25) is 0 Å². The van der Waals surface area contributed by atoms with Gasteiger partial charge in [0.05, 0.1) is 5.54 Å². The molecule has 0 rings (SSSR count). The fourth-order valence-electron chi connectivity index (χ4n) is 0.441. The molecule has 0 aromatic rings. The zero-order valence-electron chi connectivity index (χ0n) is 7.50. The predicted molar refractivity (Wildman–Crippen MR) is 44.1 cm³/mol. The molecule has 64 valence electrons. The molecule has 0 spiro atoms. The second-order valence-corrected chi connectivity index (χ2v) is 3.79. The van der Waals surface area contributed by atoms with Gasteiger partial charge in [-0.3, -0.25) is 0 Å². The highest BCUT2D eigenvalue weighted by atomic mass is 16.3. The van der Waals surface area contributed by atoms with Crippen molar-refractivity contribution < 1.29 is 5.11 Å². The molecule has 4 nitrogen and oxygen atoms in total. The molecule has 0 unspecified atom stereocenters. The van der Waals surface area contributed by atoms with Crippen LogP contribution in [-0.2, 0) is 0 Å². The Balaban J connectivity index is 4.65. The van der Waals surface area contributed by atoms with Crippen LogP contribution in [0.15, 0.2) is 5.11 Å². The van der Waals surface area contributed by atoms with Crippen molar-refractivity contribution in [1.29, 1.82) is 0 Å². The van der Waals surface area contributed by atoms with Crippen molar-refractivity contribution in [3.63, 3.8) is 0 Å². The lowest BCUT2D eigenvalue weighted by Gasteiger charge is -2.35. The fourth-order valence-corrected chi connectivity index (χ4v) is 0.441. The topological polar surface area (TPSA) is 69.0 Å². The maximum Gasteiger partial charge on any atom is 0.0504 e. The summed E-state index contributed by atoms with van der Waals surface area (Å²) in [6, 6.07) is 0. The van der Waals surface area contributed by atoms with E-state index in [2.05, 4.69) is 10.0 Å². The van der Waals surface area contributed by atoms with Crippen molar-refractivity contribution in [2.24, 2.45) is 10.5 Å². The second kappa shape index (κ2) is 3.11. The van der Waals surface area contributed by atoms with Crippen molar-refractivity contribution in [3.8, 4) is 0 Å². The Hall–Kier alpha value is -0.730. The first kappa shape index (κ1) is 10.3. The van der Waals surface area contributed by atoms with E-state index in [0.29, 0.717) is 0 Å². The zero-order chi connectivity index (χ0) is 9.12. The van der Waals surface area contributed by atoms with E-state index in [1.807, 2.05) is 27.7 Å². The number of aliphatic hydroxyl groups is 1. The molecule has 0 amide bonds. The van der Waals surface area contributed by atoms with Crippen LogP contribution in [0, 0.1) is 5.41 Å². The number of azide groups is 1. The summed E-state index contributed by atoms with van der Waals surface area (Å²) in [6.45, 7) is 7.36. The Labute approximate surface area is 66.9 Å². The minimum atomic E-state index is -0.545. The van der Waals surface area contributed by atoms with Crippen molar-refractivity contribution in [2.75, 3.05) is 6.61 Å². The third-order valence-electron chi connectivity index (χ3n) is 2.35. The standard InChI is InChI=1S/C7H15N3O/c1-6(2,5-11)7(3,4)9-10-8/h11H,5H2,1-4H3. The number of rotatable bonds is 3. The normalized spacial score (nSPS) is 12.5. The van der Waals surface area contributed by atoms with Gasteiger partial charge in [0.1, 0.15) is 0 Å². The highest BCUT2D eigenvalue weighted by Gasteiger charge is 2.35. The second-order valence-electron chi connectivity index (χ2n) is 3.79. The molecule has 4 heteroatoms. The quantitative estimate of drug-likeness (QED) is 0.380. The lowest BCUT2D eigenvalue weighted by atomic mass is 9.76. The summed E-state index contributed by atoms with van der Waals surface area (Å²) in [5.41, 5.74) is 7.32. The van der Waals surface area contributed by atoms with Gasteiger partial charge in [0, 0.05) is 11.5 Å². The van der Waals surface area contributed by atoms with Crippen LogP contribution in [0.4, 0.5) is 0 Å². The van der Waals surface area contributed by atoms with Gasteiger partial charge < -0.3 is 5.11 Å². The average Bonchev–Trinajstić information content (AvgIpc) is 1.87. The largest absolute Gasteiger partial charge is 0.396 e. The molecule has 0 aromatic carbocycles. The van der Waals surface area contributed by atoms with Gasteiger partial charge in [0.25, 0.3) is 0 Å². The minimum absolute atomic E-state index is 0.0129. The summed E-state index contributed by atoms with van der Waals surface area (Å²) < 4.78 is 0. The molecule has 0 heterocycles. The summed E-state index contributed by atoms with van der Waals surface area (Å²) >= 11 is 0. The van der Waals surface area contributed by atoms with Gasteiger partial charge in [-0.25, -0.2) is 0 Å². The molecule has 0 aliphatic heterocycles. The summed E-state index contributed by atoms with van der Waals surface area (Å²) in [7, 11) is 0. The first-order valence-corrected chi connectivity index (χ1v) is 3.54. The minimum Gasteiger partial charge on any atom is -0.396 e.